The van der Waals surface area contributed by atoms with Crippen LogP contribution in [0.1, 0.15) is 5.69 Å². The lowest BCUT2D eigenvalue weighted by Gasteiger charge is -1.98. The molecule has 0 aliphatic heterocycles. The van der Waals surface area contributed by atoms with Crippen LogP contribution in [0.3, 0.4) is 0 Å². The predicted molar refractivity (Wildman–Crippen MR) is 39.3 cm³/mol. The highest BCUT2D eigenvalue weighted by Gasteiger charge is 2.34. The molecule has 0 bridgehead atoms. The largest absolute Gasteiger partial charge is 0.462 e. The number of hydrogen-bond donors (Lipinski definition) is 0. The lowest BCUT2D eigenvalue weighted by atomic mass is 10.4. The second-order valence-corrected chi connectivity index (χ2v) is 2.44. The number of alkyl halides is 3. The lowest BCUT2D eigenvalue weighted by molar-refractivity contribution is -0.141. The molecule has 0 fully saturated rings. The number of hydrogen-bond acceptors (Lipinski definition) is 3. The fraction of sp³-hybridized carbons (Fsp3) is 0.429. The summed E-state index contributed by atoms with van der Waals surface area (Å²) in [5.74, 6) is -0.0844. The number of nitriles is 1. The van der Waals surface area contributed by atoms with Gasteiger partial charge in [0.25, 0.3) is 0 Å². The predicted octanol–water partition coefficient (Wildman–Crippen LogP) is 1.34. The van der Waals surface area contributed by atoms with E-state index in [0.29, 0.717) is 0 Å². The average Bonchev–Trinajstić information content (AvgIpc) is 2.43. The third-order valence-corrected chi connectivity index (χ3v) is 1.41. The van der Waals surface area contributed by atoms with Gasteiger partial charge in [0, 0.05) is 13.1 Å². The van der Waals surface area contributed by atoms with E-state index >= 15 is 0 Å². The van der Waals surface area contributed by atoms with Crippen molar-refractivity contribution in [2.75, 3.05) is 6.61 Å². The van der Waals surface area contributed by atoms with Gasteiger partial charge in [-0.3, -0.25) is 0 Å². The Morgan fingerprint density at radius 3 is 2.71 bits per heavy atom. The molecule has 7 heteroatoms. The minimum atomic E-state index is -4.49. The molecular weight excluding hydrogens is 199 g/mol. The van der Waals surface area contributed by atoms with Gasteiger partial charge in [-0.15, -0.1) is 0 Å². The van der Waals surface area contributed by atoms with Gasteiger partial charge >= 0.3 is 6.18 Å². The molecule has 0 radical (unpaired) electrons. The van der Waals surface area contributed by atoms with Crippen molar-refractivity contribution in [3.8, 4) is 11.9 Å². The first-order valence-electron chi connectivity index (χ1n) is 3.56. The van der Waals surface area contributed by atoms with Gasteiger partial charge in [-0.25, -0.2) is 4.68 Å². The summed E-state index contributed by atoms with van der Waals surface area (Å²) in [6.45, 7) is -0.309. The summed E-state index contributed by atoms with van der Waals surface area (Å²) < 4.78 is 42.0. The maximum Gasteiger partial charge on any atom is 0.435 e. The zero-order valence-electron chi connectivity index (χ0n) is 7.17. The molecule has 0 atom stereocenters. The van der Waals surface area contributed by atoms with Gasteiger partial charge in [0.05, 0.1) is 0 Å². The topological polar surface area (TPSA) is 50.8 Å². The van der Waals surface area contributed by atoms with Gasteiger partial charge in [-0.2, -0.15) is 23.5 Å². The third kappa shape index (κ3) is 2.16. The quantitative estimate of drug-likeness (QED) is 0.732. The van der Waals surface area contributed by atoms with Crippen molar-refractivity contribution in [1.82, 2.24) is 9.78 Å². The van der Waals surface area contributed by atoms with Gasteiger partial charge in [0.1, 0.15) is 6.07 Å². The highest BCUT2D eigenvalue weighted by Crippen LogP contribution is 2.30. The highest BCUT2D eigenvalue weighted by atomic mass is 19.4. The Balaban J connectivity index is 2.89. The zero-order chi connectivity index (χ0) is 10.8. The van der Waals surface area contributed by atoms with Crippen LogP contribution in [-0.4, -0.2) is 16.4 Å². The molecule has 1 aromatic heterocycles. The van der Waals surface area contributed by atoms with Crippen LogP contribution in [0.5, 0.6) is 5.88 Å². The van der Waals surface area contributed by atoms with Crippen LogP contribution in [0.15, 0.2) is 6.07 Å². The van der Waals surface area contributed by atoms with E-state index in [9.17, 15) is 13.2 Å². The standard InChI is InChI=1S/C7H6F3N3O/c1-13-6(14-3-2-11)4-5(12-13)7(8,9)10/h4H,3H2,1H3. The SMILES string of the molecule is Cn1nc(C(F)(F)F)cc1OCC#N. The first kappa shape index (κ1) is 10.4. The van der Waals surface area contributed by atoms with Crippen molar-refractivity contribution < 1.29 is 17.9 Å². The summed E-state index contributed by atoms with van der Waals surface area (Å²) in [5, 5.41) is 11.4. The van der Waals surface area contributed by atoms with E-state index in [1.165, 1.54) is 7.05 Å². The molecule has 0 N–H and O–H groups in total. The Morgan fingerprint density at radius 1 is 1.64 bits per heavy atom. The zero-order valence-corrected chi connectivity index (χ0v) is 7.17. The number of aromatic nitrogens is 2. The summed E-state index contributed by atoms with van der Waals surface area (Å²) >= 11 is 0. The molecule has 1 heterocycles. The molecule has 0 unspecified atom stereocenters. The molecule has 0 aliphatic carbocycles. The first-order valence-corrected chi connectivity index (χ1v) is 3.56. The Kier molecular flexibility index (Phi) is 2.65. The fourth-order valence-corrected chi connectivity index (χ4v) is 0.830. The maximum atomic E-state index is 12.1. The number of rotatable bonds is 2. The Bertz CT molecular complexity index is 363. The molecule has 0 spiro atoms. The van der Waals surface area contributed by atoms with E-state index in [1.54, 1.807) is 6.07 Å². The van der Waals surface area contributed by atoms with Gasteiger partial charge in [0.2, 0.25) is 5.88 Å². The molecule has 0 saturated carbocycles. The summed E-state index contributed by atoms with van der Waals surface area (Å²) in [5.41, 5.74) is -1.03. The van der Waals surface area contributed by atoms with Gasteiger partial charge < -0.3 is 4.74 Å². The Labute approximate surface area is 77.5 Å². The fourth-order valence-electron chi connectivity index (χ4n) is 0.830. The van der Waals surface area contributed by atoms with Crippen LogP contribution in [0.25, 0.3) is 0 Å². The van der Waals surface area contributed by atoms with Crippen LogP contribution in [0.2, 0.25) is 0 Å². The lowest BCUT2D eigenvalue weighted by Crippen LogP contribution is -2.06. The van der Waals surface area contributed by atoms with E-state index in [2.05, 4.69) is 5.10 Å². The van der Waals surface area contributed by atoms with Crippen LogP contribution < -0.4 is 4.74 Å². The van der Waals surface area contributed by atoms with E-state index < -0.39 is 11.9 Å². The average molecular weight is 205 g/mol. The highest BCUT2D eigenvalue weighted by molar-refractivity contribution is 5.18. The minimum absolute atomic E-state index is 0.0844. The number of nitrogens with zero attached hydrogens (tertiary/aromatic N) is 3. The Hall–Kier alpha value is -1.71. The summed E-state index contributed by atoms with van der Waals surface area (Å²) in [6.07, 6.45) is -4.49. The molecule has 4 nitrogen and oxygen atoms in total. The van der Waals surface area contributed by atoms with Gasteiger partial charge in [-0.05, 0) is 0 Å². The van der Waals surface area contributed by atoms with Crippen molar-refractivity contribution in [3.63, 3.8) is 0 Å². The molecule has 14 heavy (non-hydrogen) atoms. The second-order valence-electron chi connectivity index (χ2n) is 2.44. The van der Waals surface area contributed by atoms with Crippen molar-refractivity contribution in [2.24, 2.45) is 7.05 Å². The molecule has 0 aromatic carbocycles. The smallest absolute Gasteiger partial charge is 0.435 e. The normalized spacial score (nSPS) is 11.1. The summed E-state index contributed by atoms with van der Waals surface area (Å²) in [7, 11) is 1.31. The van der Waals surface area contributed by atoms with Crippen LogP contribution in [-0.2, 0) is 13.2 Å². The minimum Gasteiger partial charge on any atom is -0.462 e. The first-order chi connectivity index (χ1) is 6.45. The second kappa shape index (κ2) is 3.57. The summed E-state index contributed by atoms with van der Waals surface area (Å²) in [4.78, 5) is 0. The van der Waals surface area contributed by atoms with Gasteiger partial charge in [-0.1, -0.05) is 0 Å². The third-order valence-electron chi connectivity index (χ3n) is 1.41. The molecule has 0 saturated heterocycles. The number of halogens is 3. The van der Waals surface area contributed by atoms with Crippen molar-refractivity contribution in [1.29, 1.82) is 5.26 Å². The summed E-state index contributed by atoms with van der Waals surface area (Å²) in [6, 6.07) is 2.39. The van der Waals surface area contributed by atoms with E-state index in [-0.39, 0.29) is 12.5 Å². The van der Waals surface area contributed by atoms with E-state index in [1.807, 2.05) is 0 Å². The molecular formula is C7H6F3N3O. The van der Waals surface area contributed by atoms with Crippen molar-refractivity contribution in [3.05, 3.63) is 11.8 Å². The molecule has 1 aromatic rings. The van der Waals surface area contributed by atoms with Crippen LogP contribution in [0, 0.1) is 11.3 Å². The number of aryl methyl sites for hydroxylation is 1. The van der Waals surface area contributed by atoms with Crippen LogP contribution >= 0.6 is 0 Å². The van der Waals surface area contributed by atoms with Crippen molar-refractivity contribution >= 4 is 0 Å². The van der Waals surface area contributed by atoms with E-state index in [0.717, 1.165) is 10.7 Å². The molecule has 0 amide bonds. The molecule has 1 rings (SSSR count). The molecule has 76 valence electrons. The number of ether oxygens (including phenoxy) is 1. The van der Waals surface area contributed by atoms with Crippen LogP contribution in [0.4, 0.5) is 13.2 Å². The Morgan fingerprint density at radius 2 is 2.29 bits per heavy atom. The molecule has 0 aliphatic rings. The van der Waals surface area contributed by atoms with Crippen molar-refractivity contribution in [2.45, 2.75) is 6.18 Å². The van der Waals surface area contributed by atoms with Gasteiger partial charge in [0.15, 0.2) is 12.3 Å². The monoisotopic (exact) mass is 205 g/mol. The maximum absolute atomic E-state index is 12.1. The van der Waals surface area contributed by atoms with E-state index in [4.69, 9.17) is 10.00 Å².